The minimum absolute atomic E-state index is 0.450. The van der Waals surface area contributed by atoms with Crippen LogP contribution in [0.5, 0.6) is 0 Å². The number of hydrogen-bond donors (Lipinski definition) is 2. The zero-order valence-electron chi connectivity index (χ0n) is 8.42. The fraction of sp³-hybridized carbons (Fsp3) is 0.455. The number of nitroso groups, excluding NO2 is 1. The van der Waals surface area contributed by atoms with Crippen LogP contribution in [0, 0.1) is 4.91 Å². The van der Waals surface area contributed by atoms with Crippen molar-refractivity contribution in [3.63, 3.8) is 0 Å². The summed E-state index contributed by atoms with van der Waals surface area (Å²) in [7, 11) is 0. The first-order chi connectivity index (χ1) is 7.31. The maximum Gasteiger partial charge on any atom is 0.294 e. The van der Waals surface area contributed by atoms with Crippen molar-refractivity contribution in [2.75, 3.05) is 5.32 Å². The van der Waals surface area contributed by atoms with Crippen molar-refractivity contribution < 1.29 is 5.18 Å². The van der Waals surface area contributed by atoms with Crippen LogP contribution in [-0.4, -0.2) is 6.04 Å². The molecule has 1 aliphatic carbocycles. The minimum Gasteiger partial charge on any atom is -0.377 e. The SMILES string of the molecule is O=[NH+]c1c(Cl)cccc1NC1CCCC1. The van der Waals surface area contributed by atoms with E-state index in [-0.39, 0.29) is 0 Å². The summed E-state index contributed by atoms with van der Waals surface area (Å²) in [4.78, 5) is 10.8. The first-order valence-corrected chi connectivity index (χ1v) is 5.62. The van der Waals surface area contributed by atoms with Crippen molar-refractivity contribution in [3.05, 3.63) is 28.1 Å². The van der Waals surface area contributed by atoms with Gasteiger partial charge in [-0.3, -0.25) is 0 Å². The van der Waals surface area contributed by atoms with Gasteiger partial charge in [-0.05, 0) is 25.0 Å². The lowest BCUT2D eigenvalue weighted by molar-refractivity contribution is -0.378. The summed E-state index contributed by atoms with van der Waals surface area (Å²) in [6.07, 6.45) is 4.87. The van der Waals surface area contributed by atoms with Crippen molar-refractivity contribution in [2.24, 2.45) is 0 Å². The van der Waals surface area contributed by atoms with E-state index in [0.717, 1.165) is 5.69 Å². The number of benzene rings is 1. The second-order valence-corrected chi connectivity index (χ2v) is 4.30. The topological polar surface area (TPSA) is 43.1 Å². The van der Waals surface area contributed by atoms with E-state index >= 15 is 0 Å². The maximum absolute atomic E-state index is 10.8. The Hall–Kier alpha value is -1.09. The van der Waals surface area contributed by atoms with Crippen LogP contribution in [0.25, 0.3) is 0 Å². The molecule has 80 valence electrons. The van der Waals surface area contributed by atoms with Crippen molar-refractivity contribution in [1.82, 2.24) is 0 Å². The molecule has 2 N–H and O–H groups in total. The Morgan fingerprint density at radius 2 is 2.07 bits per heavy atom. The molecule has 1 aromatic rings. The normalized spacial score (nSPS) is 16.6. The highest BCUT2D eigenvalue weighted by molar-refractivity contribution is 6.33. The predicted molar refractivity (Wildman–Crippen MR) is 61.3 cm³/mol. The Morgan fingerprint density at radius 1 is 1.33 bits per heavy atom. The Labute approximate surface area is 93.8 Å². The van der Waals surface area contributed by atoms with E-state index in [1.165, 1.54) is 25.7 Å². The Morgan fingerprint density at radius 3 is 2.73 bits per heavy atom. The highest BCUT2D eigenvalue weighted by Gasteiger charge is 2.19. The molecule has 3 nitrogen and oxygen atoms in total. The molecule has 0 aromatic heterocycles. The van der Waals surface area contributed by atoms with Gasteiger partial charge in [-0.2, -0.15) is 0 Å². The molecule has 0 aliphatic heterocycles. The van der Waals surface area contributed by atoms with Crippen molar-refractivity contribution in [3.8, 4) is 0 Å². The van der Waals surface area contributed by atoms with Crippen LogP contribution in [0.1, 0.15) is 25.7 Å². The average Bonchev–Trinajstić information content (AvgIpc) is 2.71. The molecule has 1 saturated carbocycles. The first kappa shape index (κ1) is 10.4. The predicted octanol–water partition coefficient (Wildman–Crippen LogP) is 2.17. The summed E-state index contributed by atoms with van der Waals surface area (Å²) >= 11 is 5.91. The molecule has 0 unspecified atom stereocenters. The number of anilines is 1. The van der Waals surface area contributed by atoms with Gasteiger partial charge < -0.3 is 5.32 Å². The van der Waals surface area contributed by atoms with E-state index in [0.29, 0.717) is 16.8 Å². The molecule has 0 atom stereocenters. The molecule has 0 spiro atoms. The second kappa shape index (κ2) is 4.62. The highest BCUT2D eigenvalue weighted by Crippen LogP contribution is 2.29. The number of nitrogens with one attached hydrogen (secondary N) is 2. The monoisotopic (exact) mass is 225 g/mol. The second-order valence-electron chi connectivity index (χ2n) is 3.89. The van der Waals surface area contributed by atoms with Crippen LogP contribution in [0.15, 0.2) is 18.2 Å². The van der Waals surface area contributed by atoms with Crippen LogP contribution in [-0.2, 0) is 0 Å². The maximum atomic E-state index is 10.8. The molecule has 0 heterocycles. The Kier molecular flexibility index (Phi) is 3.21. The van der Waals surface area contributed by atoms with Gasteiger partial charge in [0, 0.05) is 16.1 Å². The van der Waals surface area contributed by atoms with E-state index in [2.05, 4.69) is 5.32 Å². The lowest BCUT2D eigenvalue weighted by atomic mass is 10.2. The van der Waals surface area contributed by atoms with Crippen molar-refractivity contribution in [1.29, 1.82) is 0 Å². The summed E-state index contributed by atoms with van der Waals surface area (Å²) in [6, 6.07) is 5.92. The molecule has 0 radical (unpaired) electrons. The Balaban J connectivity index is 2.19. The van der Waals surface area contributed by atoms with Crippen LogP contribution in [0.2, 0.25) is 5.02 Å². The molecule has 2 rings (SSSR count). The summed E-state index contributed by atoms with van der Waals surface area (Å²) in [6.45, 7) is 0. The van der Waals surface area contributed by atoms with E-state index in [1.807, 2.05) is 17.3 Å². The molecule has 0 saturated heterocycles. The zero-order chi connectivity index (χ0) is 10.7. The quantitative estimate of drug-likeness (QED) is 0.828. The molecular formula is C11H14ClN2O+. The highest BCUT2D eigenvalue weighted by atomic mass is 35.5. The third-order valence-corrected chi connectivity index (χ3v) is 3.15. The van der Waals surface area contributed by atoms with Crippen LogP contribution in [0.3, 0.4) is 0 Å². The summed E-state index contributed by atoms with van der Waals surface area (Å²) < 4.78 is 0. The summed E-state index contributed by atoms with van der Waals surface area (Å²) in [5.41, 5.74) is 1.26. The van der Waals surface area contributed by atoms with E-state index in [4.69, 9.17) is 11.6 Å². The van der Waals surface area contributed by atoms with E-state index in [1.54, 1.807) is 6.07 Å². The molecule has 1 aliphatic rings. The fourth-order valence-electron chi connectivity index (χ4n) is 2.04. The van der Waals surface area contributed by atoms with E-state index < -0.39 is 0 Å². The number of halogens is 1. The van der Waals surface area contributed by atoms with Gasteiger partial charge >= 0.3 is 0 Å². The van der Waals surface area contributed by atoms with Crippen LogP contribution >= 0.6 is 11.6 Å². The van der Waals surface area contributed by atoms with Gasteiger partial charge in [0.2, 0.25) is 0 Å². The summed E-state index contributed by atoms with van der Waals surface area (Å²) in [5, 5.41) is 5.71. The Bertz CT molecular complexity index is 362. The molecular weight excluding hydrogens is 212 g/mol. The van der Waals surface area contributed by atoms with Crippen molar-refractivity contribution >= 4 is 23.0 Å². The largest absolute Gasteiger partial charge is 0.377 e. The number of para-hydroxylation sites is 1. The van der Waals surface area contributed by atoms with Gasteiger partial charge in [0.25, 0.3) is 5.69 Å². The standard InChI is InChI=1S/C11H13ClN2O/c12-9-6-3-7-10(11(9)14-15)13-8-4-1-2-5-8/h3,6-8,13H,1-2,4-5H2/p+1. The smallest absolute Gasteiger partial charge is 0.294 e. The molecule has 15 heavy (non-hydrogen) atoms. The van der Waals surface area contributed by atoms with Gasteiger partial charge in [0.15, 0.2) is 0 Å². The van der Waals surface area contributed by atoms with Gasteiger partial charge in [0.1, 0.15) is 10.7 Å². The molecule has 4 heteroatoms. The van der Waals surface area contributed by atoms with Gasteiger partial charge in [-0.25, -0.2) is 0 Å². The molecule has 1 aromatic carbocycles. The minimum atomic E-state index is 0.450. The molecule has 0 bridgehead atoms. The third kappa shape index (κ3) is 2.29. The molecule has 1 fully saturated rings. The fourth-order valence-corrected chi connectivity index (χ4v) is 2.25. The van der Waals surface area contributed by atoms with Crippen LogP contribution in [0.4, 0.5) is 11.4 Å². The number of rotatable bonds is 3. The van der Waals surface area contributed by atoms with Gasteiger partial charge in [-0.15, -0.1) is 0 Å². The lowest BCUT2D eigenvalue weighted by Crippen LogP contribution is -2.56. The number of hydrogen-bond acceptors (Lipinski definition) is 2. The van der Waals surface area contributed by atoms with Crippen molar-refractivity contribution in [2.45, 2.75) is 31.7 Å². The first-order valence-electron chi connectivity index (χ1n) is 5.24. The summed E-state index contributed by atoms with van der Waals surface area (Å²) in [5.74, 6) is 0. The lowest BCUT2D eigenvalue weighted by Gasteiger charge is -2.12. The van der Waals surface area contributed by atoms with Crippen LogP contribution < -0.4 is 10.5 Å². The van der Waals surface area contributed by atoms with Gasteiger partial charge in [-0.1, -0.05) is 30.5 Å². The zero-order valence-corrected chi connectivity index (χ0v) is 9.18. The molecule has 0 amide bonds. The third-order valence-electron chi connectivity index (χ3n) is 2.83. The average molecular weight is 226 g/mol. The van der Waals surface area contributed by atoms with E-state index in [9.17, 15) is 4.91 Å². The van der Waals surface area contributed by atoms with Gasteiger partial charge in [0.05, 0.1) is 0 Å².